The fraction of sp³-hybridized carbons (Fsp3) is 0.839. The fourth-order valence-electron chi connectivity index (χ4n) is 7.77. The summed E-state index contributed by atoms with van der Waals surface area (Å²) >= 11 is 0. The number of carbonyl (C=O) groups excluding carboxylic acids is 3. The normalized spacial score (nSPS) is 12.2. The molecule has 0 fully saturated rings. The molecule has 1 atom stereocenters. The molecule has 0 aromatic rings. The number of carbonyl (C=O) groups is 3. The lowest BCUT2D eigenvalue weighted by atomic mass is 10.0. The second-order valence-electron chi connectivity index (χ2n) is 18.1. The molecule has 62 heavy (non-hydrogen) atoms. The maximum Gasteiger partial charge on any atom is 0.306 e. The summed E-state index contributed by atoms with van der Waals surface area (Å²) in [5.41, 5.74) is 0. The molecule has 0 aromatic carbocycles. The van der Waals surface area contributed by atoms with Crippen LogP contribution in [-0.2, 0) is 28.6 Å². The maximum atomic E-state index is 12.8. The van der Waals surface area contributed by atoms with E-state index in [0.29, 0.717) is 19.3 Å². The second kappa shape index (κ2) is 51.3. The van der Waals surface area contributed by atoms with Crippen LogP contribution in [0, 0.1) is 0 Å². The summed E-state index contributed by atoms with van der Waals surface area (Å²) in [5, 5.41) is 0. The van der Waals surface area contributed by atoms with Gasteiger partial charge in [-0.05, 0) is 70.6 Å². The third kappa shape index (κ3) is 48.7. The first-order chi connectivity index (χ1) is 30.5. The molecule has 1 unspecified atom stereocenters. The first-order valence-corrected chi connectivity index (χ1v) is 27.0. The van der Waals surface area contributed by atoms with E-state index in [2.05, 4.69) is 57.2 Å². The third-order valence-electron chi connectivity index (χ3n) is 11.8. The molecule has 0 aliphatic carbocycles. The second-order valence-corrected chi connectivity index (χ2v) is 18.1. The highest BCUT2D eigenvalue weighted by Crippen LogP contribution is 2.16. The van der Waals surface area contributed by atoms with E-state index in [0.717, 1.165) is 89.9 Å². The molecular weight excluding hydrogens is 769 g/mol. The number of hydrogen-bond donors (Lipinski definition) is 0. The molecule has 6 nitrogen and oxygen atoms in total. The Morgan fingerprint density at radius 1 is 0.323 bits per heavy atom. The van der Waals surface area contributed by atoms with Crippen LogP contribution in [0.2, 0.25) is 0 Å². The predicted molar refractivity (Wildman–Crippen MR) is 266 cm³/mol. The van der Waals surface area contributed by atoms with Gasteiger partial charge in [-0.3, -0.25) is 14.4 Å². The van der Waals surface area contributed by atoms with E-state index in [-0.39, 0.29) is 31.1 Å². The first-order valence-electron chi connectivity index (χ1n) is 27.0. The van der Waals surface area contributed by atoms with Crippen LogP contribution in [0.3, 0.4) is 0 Å². The van der Waals surface area contributed by atoms with E-state index < -0.39 is 6.10 Å². The molecule has 0 amide bonds. The summed E-state index contributed by atoms with van der Waals surface area (Å²) in [7, 11) is 0. The Bertz CT molecular complexity index is 1050. The van der Waals surface area contributed by atoms with Crippen LogP contribution in [0.1, 0.15) is 284 Å². The quantitative estimate of drug-likeness (QED) is 0.0262. The van der Waals surface area contributed by atoms with Gasteiger partial charge in [-0.2, -0.15) is 0 Å². The van der Waals surface area contributed by atoms with Crippen molar-refractivity contribution in [1.29, 1.82) is 0 Å². The minimum atomic E-state index is -0.778. The van der Waals surface area contributed by atoms with Gasteiger partial charge in [-0.1, -0.05) is 231 Å². The largest absolute Gasteiger partial charge is 0.462 e. The van der Waals surface area contributed by atoms with Gasteiger partial charge in [-0.15, -0.1) is 0 Å². The average Bonchev–Trinajstić information content (AvgIpc) is 3.27. The van der Waals surface area contributed by atoms with Crippen LogP contribution in [-0.4, -0.2) is 37.2 Å². The molecule has 0 saturated heterocycles. The Labute approximate surface area is 385 Å². The van der Waals surface area contributed by atoms with Gasteiger partial charge in [-0.25, -0.2) is 0 Å². The molecule has 0 saturated carbocycles. The van der Waals surface area contributed by atoms with Crippen molar-refractivity contribution < 1.29 is 28.6 Å². The summed E-state index contributed by atoms with van der Waals surface area (Å²) in [4.78, 5) is 38.0. The molecule has 6 heteroatoms. The molecular formula is C56H102O6. The lowest BCUT2D eigenvalue weighted by Gasteiger charge is -2.18. The van der Waals surface area contributed by atoms with E-state index in [1.165, 1.54) is 154 Å². The average molecular weight is 871 g/mol. The van der Waals surface area contributed by atoms with E-state index in [1.54, 1.807) is 0 Å². The molecule has 0 N–H and O–H groups in total. The van der Waals surface area contributed by atoms with Gasteiger partial charge in [0, 0.05) is 19.3 Å². The Morgan fingerprint density at radius 2 is 0.613 bits per heavy atom. The highest BCUT2D eigenvalue weighted by molar-refractivity contribution is 5.71. The highest BCUT2D eigenvalue weighted by Gasteiger charge is 2.19. The molecule has 0 aliphatic rings. The highest BCUT2D eigenvalue weighted by atomic mass is 16.6. The number of esters is 3. The van der Waals surface area contributed by atoms with Gasteiger partial charge in [0.05, 0.1) is 0 Å². The van der Waals surface area contributed by atoms with Gasteiger partial charge in [0.15, 0.2) is 6.10 Å². The predicted octanol–water partition coefficient (Wildman–Crippen LogP) is 17.7. The SMILES string of the molecule is CCC/C=C\C/C=C\CCCCCCCC(=O)OCC(COC(=O)CCCCCCCCCCCCCCCCCCC)OC(=O)CCCCCCC/C=C\CCCCCCC. The number of hydrogen-bond acceptors (Lipinski definition) is 6. The van der Waals surface area contributed by atoms with Crippen LogP contribution in [0.15, 0.2) is 36.5 Å². The lowest BCUT2D eigenvalue weighted by molar-refractivity contribution is -0.167. The Hall–Kier alpha value is -2.37. The first kappa shape index (κ1) is 59.6. The van der Waals surface area contributed by atoms with Crippen molar-refractivity contribution in [3.8, 4) is 0 Å². The van der Waals surface area contributed by atoms with Crippen molar-refractivity contribution in [1.82, 2.24) is 0 Å². The van der Waals surface area contributed by atoms with Crippen LogP contribution >= 0.6 is 0 Å². The monoisotopic (exact) mass is 871 g/mol. The van der Waals surface area contributed by atoms with Crippen molar-refractivity contribution in [3.63, 3.8) is 0 Å². The summed E-state index contributed by atoms with van der Waals surface area (Å²) < 4.78 is 16.8. The summed E-state index contributed by atoms with van der Waals surface area (Å²) in [6.07, 6.45) is 59.8. The Morgan fingerprint density at radius 3 is 0.968 bits per heavy atom. The standard InChI is InChI=1S/C56H102O6/c1-4-7-10-13-16-19-22-25-27-28-29-32-34-37-40-43-46-49-55(58)61-52-53(51-60-54(57)48-45-42-39-36-33-30-24-21-18-15-12-9-6-3)62-56(59)50-47-44-41-38-35-31-26-23-20-17-14-11-8-5-2/h12,15,21,23-24,26,53H,4-11,13-14,16-20,22,25,27-52H2,1-3H3/b15-12-,24-21-,26-23-. The zero-order chi connectivity index (χ0) is 45.1. The summed E-state index contributed by atoms with van der Waals surface area (Å²) in [6, 6.07) is 0. The van der Waals surface area contributed by atoms with Gasteiger partial charge < -0.3 is 14.2 Å². The van der Waals surface area contributed by atoms with Gasteiger partial charge >= 0.3 is 17.9 Å². The van der Waals surface area contributed by atoms with E-state index in [4.69, 9.17) is 14.2 Å². The molecule has 0 aromatic heterocycles. The van der Waals surface area contributed by atoms with Gasteiger partial charge in [0.25, 0.3) is 0 Å². The van der Waals surface area contributed by atoms with Gasteiger partial charge in [0.1, 0.15) is 13.2 Å². The van der Waals surface area contributed by atoms with E-state index in [9.17, 15) is 14.4 Å². The van der Waals surface area contributed by atoms with Crippen molar-refractivity contribution in [2.45, 2.75) is 290 Å². The fourth-order valence-corrected chi connectivity index (χ4v) is 7.77. The molecule has 362 valence electrons. The molecule has 0 rings (SSSR count). The smallest absolute Gasteiger partial charge is 0.306 e. The summed E-state index contributed by atoms with van der Waals surface area (Å²) in [6.45, 7) is 6.58. The summed E-state index contributed by atoms with van der Waals surface area (Å²) in [5.74, 6) is -0.888. The zero-order valence-electron chi connectivity index (χ0n) is 41.4. The van der Waals surface area contributed by atoms with Crippen LogP contribution in [0.5, 0.6) is 0 Å². The number of unbranched alkanes of at least 4 members (excludes halogenated alkanes) is 32. The van der Waals surface area contributed by atoms with Crippen molar-refractivity contribution >= 4 is 17.9 Å². The molecule has 0 heterocycles. The van der Waals surface area contributed by atoms with Gasteiger partial charge in [0.2, 0.25) is 0 Å². The van der Waals surface area contributed by atoms with Crippen molar-refractivity contribution in [2.24, 2.45) is 0 Å². The minimum absolute atomic E-state index is 0.0768. The van der Waals surface area contributed by atoms with Crippen LogP contribution in [0.4, 0.5) is 0 Å². The Kier molecular flexibility index (Phi) is 49.3. The van der Waals surface area contributed by atoms with Crippen LogP contribution < -0.4 is 0 Å². The third-order valence-corrected chi connectivity index (χ3v) is 11.8. The Balaban J connectivity index is 4.35. The molecule has 0 bridgehead atoms. The lowest BCUT2D eigenvalue weighted by Crippen LogP contribution is -2.30. The van der Waals surface area contributed by atoms with Crippen molar-refractivity contribution in [2.75, 3.05) is 13.2 Å². The number of rotatable bonds is 49. The number of allylic oxidation sites excluding steroid dienone is 6. The van der Waals surface area contributed by atoms with E-state index in [1.807, 2.05) is 0 Å². The zero-order valence-corrected chi connectivity index (χ0v) is 41.4. The van der Waals surface area contributed by atoms with Crippen LogP contribution in [0.25, 0.3) is 0 Å². The number of ether oxygens (including phenoxy) is 3. The maximum absolute atomic E-state index is 12.8. The topological polar surface area (TPSA) is 78.9 Å². The molecule has 0 aliphatic heterocycles. The molecule has 0 spiro atoms. The van der Waals surface area contributed by atoms with Crippen molar-refractivity contribution in [3.05, 3.63) is 36.5 Å². The van der Waals surface area contributed by atoms with E-state index >= 15 is 0 Å². The molecule has 0 radical (unpaired) electrons. The minimum Gasteiger partial charge on any atom is -0.462 e.